The average molecular weight is 510 g/mol. The Bertz CT molecular complexity index is 828. The first kappa shape index (κ1) is 28.2. The third-order valence-corrected chi connectivity index (χ3v) is 6.78. The minimum absolute atomic E-state index is 0.0527. The van der Waals surface area contributed by atoms with E-state index in [4.69, 9.17) is 14.2 Å². The second kappa shape index (κ2) is 12.1. The number of hydrogen-bond acceptors (Lipinski definition) is 9. The van der Waals surface area contributed by atoms with Gasteiger partial charge in [-0.3, -0.25) is 14.1 Å². The Morgan fingerprint density at radius 2 is 1.91 bits per heavy atom. The van der Waals surface area contributed by atoms with Crippen molar-refractivity contribution in [1.82, 2.24) is 16.0 Å². The topological polar surface area (TPSA) is 190 Å². The van der Waals surface area contributed by atoms with Crippen LogP contribution in [0.25, 0.3) is 0 Å². The number of nitrogens with one attached hydrogen (secondary N) is 3. The van der Waals surface area contributed by atoms with Gasteiger partial charge in [0.2, 0.25) is 17.3 Å². The molecule has 0 aromatic rings. The molecule has 5 N–H and O–H groups in total. The van der Waals surface area contributed by atoms with Crippen molar-refractivity contribution in [3.63, 3.8) is 0 Å². The zero-order chi connectivity index (χ0) is 25.5. The maximum Gasteiger partial charge on any atom is 0.408 e. The van der Waals surface area contributed by atoms with Crippen LogP contribution in [0, 0.1) is 11.8 Å². The lowest BCUT2D eigenvalue weighted by atomic mass is 9.97. The van der Waals surface area contributed by atoms with Gasteiger partial charge in [-0.1, -0.05) is 20.8 Å². The number of aliphatic hydroxyl groups is 1. The largest absolute Gasteiger partial charge is 0.438 e. The molecule has 2 fully saturated rings. The van der Waals surface area contributed by atoms with Gasteiger partial charge in [0.05, 0.1) is 19.3 Å². The van der Waals surface area contributed by atoms with Crippen LogP contribution in [0.2, 0.25) is 0 Å². The SMILES string of the molecule is CCC1(OC(=O)N[C@@H](CC(C)C)C(=O)N[C@@H](C[C@@H]2CCNC2=O)C(O)S(=O)(=O)O)COCOC1. The summed E-state index contributed by atoms with van der Waals surface area (Å²) in [4.78, 5) is 37.6. The van der Waals surface area contributed by atoms with Gasteiger partial charge in [0, 0.05) is 12.5 Å². The quantitative estimate of drug-likeness (QED) is 0.227. The van der Waals surface area contributed by atoms with Crippen LogP contribution in [-0.2, 0) is 33.9 Å². The van der Waals surface area contributed by atoms with Crippen molar-refractivity contribution in [2.45, 2.75) is 69.6 Å². The molecule has 34 heavy (non-hydrogen) atoms. The van der Waals surface area contributed by atoms with Crippen molar-refractivity contribution in [1.29, 1.82) is 0 Å². The van der Waals surface area contributed by atoms with E-state index in [0.717, 1.165) is 0 Å². The fourth-order valence-corrected chi connectivity index (χ4v) is 4.47. The summed E-state index contributed by atoms with van der Waals surface area (Å²) >= 11 is 0. The van der Waals surface area contributed by atoms with Gasteiger partial charge in [0.1, 0.15) is 12.8 Å². The summed E-state index contributed by atoms with van der Waals surface area (Å²) in [6.45, 7) is 6.15. The van der Waals surface area contributed by atoms with Crippen LogP contribution in [0.1, 0.15) is 46.5 Å². The van der Waals surface area contributed by atoms with Crippen molar-refractivity contribution in [3.05, 3.63) is 0 Å². The molecule has 0 aliphatic carbocycles. The lowest BCUT2D eigenvalue weighted by Crippen LogP contribution is -2.56. The summed E-state index contributed by atoms with van der Waals surface area (Å²) < 4.78 is 48.4. The van der Waals surface area contributed by atoms with Crippen LogP contribution in [0.3, 0.4) is 0 Å². The molecule has 0 bridgehead atoms. The van der Waals surface area contributed by atoms with Crippen molar-refractivity contribution in [3.8, 4) is 0 Å². The summed E-state index contributed by atoms with van der Waals surface area (Å²) in [7, 11) is -4.94. The predicted molar refractivity (Wildman–Crippen MR) is 118 cm³/mol. The van der Waals surface area contributed by atoms with E-state index in [2.05, 4.69) is 16.0 Å². The van der Waals surface area contributed by atoms with E-state index in [9.17, 15) is 32.5 Å². The second-order valence-corrected chi connectivity index (χ2v) is 10.6. The molecule has 2 heterocycles. The molecule has 2 rings (SSSR count). The van der Waals surface area contributed by atoms with Crippen molar-refractivity contribution < 1.29 is 46.7 Å². The first-order valence-electron chi connectivity index (χ1n) is 11.2. The molecule has 1 unspecified atom stereocenters. The van der Waals surface area contributed by atoms with Crippen molar-refractivity contribution in [2.75, 3.05) is 26.6 Å². The molecule has 0 radical (unpaired) electrons. The highest BCUT2D eigenvalue weighted by Crippen LogP contribution is 2.22. The Morgan fingerprint density at radius 1 is 1.26 bits per heavy atom. The number of aliphatic hydroxyl groups excluding tert-OH is 1. The highest BCUT2D eigenvalue weighted by molar-refractivity contribution is 7.86. The van der Waals surface area contributed by atoms with Gasteiger partial charge in [-0.2, -0.15) is 8.42 Å². The Labute approximate surface area is 199 Å². The summed E-state index contributed by atoms with van der Waals surface area (Å²) in [5, 5.41) is 17.6. The van der Waals surface area contributed by atoms with Crippen molar-refractivity contribution >= 4 is 28.0 Å². The molecule has 4 atom stereocenters. The zero-order valence-electron chi connectivity index (χ0n) is 19.6. The van der Waals surface area contributed by atoms with E-state index in [1.807, 2.05) is 13.8 Å². The summed E-state index contributed by atoms with van der Waals surface area (Å²) in [5.74, 6) is -1.84. The van der Waals surface area contributed by atoms with Crippen LogP contribution in [0.5, 0.6) is 0 Å². The first-order chi connectivity index (χ1) is 15.9. The van der Waals surface area contributed by atoms with Gasteiger partial charge in [0.15, 0.2) is 5.60 Å². The van der Waals surface area contributed by atoms with E-state index in [-0.39, 0.29) is 44.7 Å². The minimum atomic E-state index is -4.94. The monoisotopic (exact) mass is 509 g/mol. The van der Waals surface area contributed by atoms with Gasteiger partial charge in [-0.05, 0) is 31.6 Å². The van der Waals surface area contributed by atoms with Gasteiger partial charge in [-0.15, -0.1) is 0 Å². The Morgan fingerprint density at radius 3 is 2.41 bits per heavy atom. The lowest BCUT2D eigenvalue weighted by molar-refractivity contribution is -0.200. The molecule has 2 aliphatic heterocycles. The maximum atomic E-state index is 13.0. The highest BCUT2D eigenvalue weighted by atomic mass is 32.2. The Kier molecular flexibility index (Phi) is 10.1. The van der Waals surface area contributed by atoms with Crippen molar-refractivity contribution in [2.24, 2.45) is 11.8 Å². The van der Waals surface area contributed by atoms with Crippen LogP contribution in [0.15, 0.2) is 0 Å². The number of ether oxygens (including phenoxy) is 3. The summed E-state index contributed by atoms with van der Waals surface area (Å²) in [6.07, 6.45) is -0.143. The third kappa shape index (κ3) is 8.05. The third-order valence-electron chi connectivity index (χ3n) is 5.84. The molecule has 0 aromatic carbocycles. The van der Waals surface area contributed by atoms with Crippen LogP contribution in [0.4, 0.5) is 4.79 Å². The van der Waals surface area contributed by atoms with E-state index in [1.165, 1.54) is 0 Å². The fourth-order valence-electron chi connectivity index (χ4n) is 3.88. The van der Waals surface area contributed by atoms with E-state index in [1.54, 1.807) is 6.92 Å². The zero-order valence-corrected chi connectivity index (χ0v) is 20.4. The average Bonchev–Trinajstić information content (AvgIpc) is 3.16. The number of rotatable bonds is 11. The molecule has 0 aromatic heterocycles. The molecule has 0 spiro atoms. The molecule has 2 saturated heterocycles. The molecule has 3 amide bonds. The first-order valence-corrected chi connectivity index (χ1v) is 12.7. The molecule has 196 valence electrons. The Hall–Kier alpha value is -2.00. The highest BCUT2D eigenvalue weighted by Gasteiger charge is 2.39. The van der Waals surface area contributed by atoms with Gasteiger partial charge in [0.25, 0.3) is 10.1 Å². The fraction of sp³-hybridized carbons (Fsp3) is 0.850. The smallest absolute Gasteiger partial charge is 0.408 e. The summed E-state index contributed by atoms with van der Waals surface area (Å²) in [5.41, 5.74) is -3.36. The molecular formula is C20H35N3O10S. The molecule has 0 saturated carbocycles. The minimum Gasteiger partial charge on any atom is -0.438 e. The number of carbonyl (C=O) groups is 3. The second-order valence-electron chi connectivity index (χ2n) is 9.10. The Balaban J connectivity index is 2.13. The predicted octanol–water partition coefficient (Wildman–Crippen LogP) is -0.502. The van der Waals surface area contributed by atoms with E-state index < -0.39 is 51.2 Å². The number of carbonyl (C=O) groups excluding carboxylic acids is 3. The number of hydrogen-bond donors (Lipinski definition) is 5. The molecule has 2 aliphatic rings. The number of alkyl carbamates (subject to hydrolysis) is 1. The van der Waals surface area contributed by atoms with Crippen LogP contribution in [-0.4, -0.2) is 85.7 Å². The molecule has 13 nitrogen and oxygen atoms in total. The van der Waals surface area contributed by atoms with Gasteiger partial charge < -0.3 is 35.3 Å². The van der Waals surface area contributed by atoms with E-state index in [0.29, 0.717) is 19.4 Å². The van der Waals surface area contributed by atoms with Crippen LogP contribution >= 0.6 is 0 Å². The molecular weight excluding hydrogens is 474 g/mol. The standard InChI is InChI=1S/C20H35N3O10S/c1-4-20(9-31-11-32-10-20)33-19(27)23-14(7-12(2)3)17(25)22-15(18(26)34(28,29)30)8-13-5-6-21-16(13)24/h12-15,18,26H,4-11H2,1-3H3,(H,21,24)(H,22,25)(H,23,27)(H,28,29,30)/t13-,14-,15-,18?/m0/s1. The molecule has 14 heteroatoms. The normalized spacial score (nSPS) is 23.0. The lowest BCUT2D eigenvalue weighted by Gasteiger charge is -2.35. The maximum absolute atomic E-state index is 13.0. The van der Waals surface area contributed by atoms with Crippen LogP contribution < -0.4 is 16.0 Å². The van der Waals surface area contributed by atoms with E-state index >= 15 is 0 Å². The van der Waals surface area contributed by atoms with Gasteiger partial charge >= 0.3 is 6.09 Å². The van der Waals surface area contributed by atoms with Gasteiger partial charge in [-0.25, -0.2) is 4.79 Å². The number of amides is 3. The summed E-state index contributed by atoms with van der Waals surface area (Å²) in [6, 6.07) is -2.62.